The van der Waals surface area contributed by atoms with Crippen molar-refractivity contribution in [1.29, 1.82) is 0 Å². The molecule has 0 bridgehead atoms. The van der Waals surface area contributed by atoms with Crippen LogP contribution in [0.3, 0.4) is 0 Å². The van der Waals surface area contributed by atoms with Crippen molar-refractivity contribution in [2.75, 3.05) is 33.4 Å². The van der Waals surface area contributed by atoms with Crippen molar-refractivity contribution < 1.29 is 14.3 Å². The van der Waals surface area contributed by atoms with Gasteiger partial charge in [0.25, 0.3) is 0 Å². The Labute approximate surface area is 84.0 Å². The van der Waals surface area contributed by atoms with Crippen LogP contribution in [0.2, 0.25) is 0 Å². The number of carbonyl (C=O) groups excluding carboxylic acids is 1. The Balaban J connectivity index is 2.11. The summed E-state index contributed by atoms with van der Waals surface area (Å²) in [5.74, 6) is -0.0479. The number of esters is 1. The second kappa shape index (κ2) is 3.87. The number of methoxy groups -OCH3 is 1. The zero-order chi connectivity index (χ0) is 10.0. The van der Waals surface area contributed by atoms with Gasteiger partial charge in [0, 0.05) is 31.7 Å². The number of ether oxygens (including phenoxy) is 2. The third-order valence-electron chi connectivity index (χ3n) is 3.54. The van der Waals surface area contributed by atoms with Crippen LogP contribution in [0, 0.1) is 11.3 Å². The first-order chi connectivity index (χ1) is 6.78. The zero-order valence-corrected chi connectivity index (χ0v) is 8.54. The molecule has 2 aliphatic heterocycles. The Morgan fingerprint density at radius 3 is 2.86 bits per heavy atom. The van der Waals surface area contributed by atoms with E-state index in [1.807, 2.05) is 0 Å². The van der Waals surface area contributed by atoms with Crippen molar-refractivity contribution in [1.82, 2.24) is 5.32 Å². The van der Waals surface area contributed by atoms with E-state index < -0.39 is 0 Å². The summed E-state index contributed by atoms with van der Waals surface area (Å²) < 4.78 is 10.2. The van der Waals surface area contributed by atoms with Gasteiger partial charge in [-0.2, -0.15) is 0 Å². The molecule has 0 aliphatic carbocycles. The van der Waals surface area contributed by atoms with Gasteiger partial charge in [0.2, 0.25) is 0 Å². The third kappa shape index (κ3) is 1.53. The molecule has 0 aromatic heterocycles. The molecule has 0 saturated carbocycles. The fourth-order valence-corrected chi connectivity index (χ4v) is 2.58. The summed E-state index contributed by atoms with van der Waals surface area (Å²) in [5.41, 5.74) is 0.103. The second-order valence-corrected chi connectivity index (χ2v) is 4.18. The average Bonchev–Trinajstić information content (AvgIpc) is 2.62. The topological polar surface area (TPSA) is 47.6 Å². The highest BCUT2D eigenvalue weighted by Gasteiger charge is 2.47. The highest BCUT2D eigenvalue weighted by atomic mass is 16.5. The van der Waals surface area contributed by atoms with E-state index in [0.29, 0.717) is 0 Å². The van der Waals surface area contributed by atoms with E-state index in [0.717, 1.165) is 39.1 Å². The van der Waals surface area contributed by atoms with Crippen LogP contribution in [0.4, 0.5) is 0 Å². The first kappa shape index (κ1) is 9.93. The molecule has 1 spiro atoms. The minimum atomic E-state index is -0.0723. The SMILES string of the molecule is COC(=O)[C@@H]1CNCC12CCOCC2. The molecule has 0 amide bonds. The van der Waals surface area contributed by atoms with Crippen LogP contribution in [0.1, 0.15) is 12.8 Å². The van der Waals surface area contributed by atoms with Gasteiger partial charge in [-0.1, -0.05) is 0 Å². The van der Waals surface area contributed by atoms with Crippen LogP contribution in [0.5, 0.6) is 0 Å². The molecule has 2 heterocycles. The first-order valence-electron chi connectivity index (χ1n) is 5.15. The van der Waals surface area contributed by atoms with Gasteiger partial charge in [0.15, 0.2) is 0 Å². The van der Waals surface area contributed by atoms with Gasteiger partial charge in [0.05, 0.1) is 13.0 Å². The zero-order valence-electron chi connectivity index (χ0n) is 8.54. The summed E-state index contributed by atoms with van der Waals surface area (Å²) in [6, 6.07) is 0. The molecule has 0 aromatic rings. The van der Waals surface area contributed by atoms with Crippen LogP contribution >= 0.6 is 0 Å². The lowest BCUT2D eigenvalue weighted by Crippen LogP contribution is -2.40. The summed E-state index contributed by atoms with van der Waals surface area (Å²) in [4.78, 5) is 11.6. The van der Waals surface area contributed by atoms with Crippen molar-refractivity contribution in [2.45, 2.75) is 12.8 Å². The van der Waals surface area contributed by atoms with Crippen molar-refractivity contribution in [3.05, 3.63) is 0 Å². The van der Waals surface area contributed by atoms with Gasteiger partial charge in [-0.3, -0.25) is 4.79 Å². The Bertz CT molecular complexity index is 223. The molecule has 14 heavy (non-hydrogen) atoms. The molecule has 0 unspecified atom stereocenters. The lowest BCUT2D eigenvalue weighted by atomic mass is 9.72. The molecular formula is C10H17NO3. The van der Waals surface area contributed by atoms with Gasteiger partial charge in [0.1, 0.15) is 0 Å². The lowest BCUT2D eigenvalue weighted by Gasteiger charge is -2.36. The Kier molecular flexibility index (Phi) is 2.74. The number of carbonyl (C=O) groups is 1. The molecule has 1 N–H and O–H groups in total. The highest BCUT2D eigenvalue weighted by molar-refractivity contribution is 5.74. The van der Waals surface area contributed by atoms with E-state index in [9.17, 15) is 4.79 Å². The van der Waals surface area contributed by atoms with Crippen molar-refractivity contribution in [3.8, 4) is 0 Å². The van der Waals surface area contributed by atoms with Gasteiger partial charge in [-0.15, -0.1) is 0 Å². The maximum Gasteiger partial charge on any atom is 0.310 e. The van der Waals surface area contributed by atoms with Crippen molar-refractivity contribution in [3.63, 3.8) is 0 Å². The van der Waals surface area contributed by atoms with Gasteiger partial charge in [-0.05, 0) is 12.8 Å². The molecule has 2 saturated heterocycles. The van der Waals surface area contributed by atoms with Crippen LogP contribution in [-0.2, 0) is 14.3 Å². The summed E-state index contributed by atoms with van der Waals surface area (Å²) in [5, 5.41) is 3.29. The van der Waals surface area contributed by atoms with Gasteiger partial charge >= 0.3 is 5.97 Å². The summed E-state index contributed by atoms with van der Waals surface area (Å²) in [6.07, 6.45) is 1.94. The largest absolute Gasteiger partial charge is 0.469 e. The summed E-state index contributed by atoms with van der Waals surface area (Å²) >= 11 is 0. The highest BCUT2D eigenvalue weighted by Crippen LogP contribution is 2.41. The van der Waals surface area contributed by atoms with E-state index in [4.69, 9.17) is 9.47 Å². The van der Waals surface area contributed by atoms with E-state index >= 15 is 0 Å². The summed E-state index contributed by atoms with van der Waals surface area (Å²) in [6.45, 7) is 3.23. The molecule has 2 rings (SSSR count). The van der Waals surface area contributed by atoms with Crippen LogP contribution < -0.4 is 5.32 Å². The predicted molar refractivity (Wildman–Crippen MR) is 50.9 cm³/mol. The quantitative estimate of drug-likeness (QED) is 0.612. The maximum atomic E-state index is 11.6. The van der Waals surface area contributed by atoms with Gasteiger partial charge in [-0.25, -0.2) is 0 Å². The molecule has 1 atom stereocenters. The molecule has 0 radical (unpaired) electrons. The maximum absolute atomic E-state index is 11.6. The number of rotatable bonds is 1. The van der Waals surface area contributed by atoms with Crippen molar-refractivity contribution in [2.24, 2.45) is 11.3 Å². The van der Waals surface area contributed by atoms with Crippen molar-refractivity contribution >= 4 is 5.97 Å². The molecule has 4 heteroatoms. The molecule has 2 aliphatic rings. The Morgan fingerprint density at radius 2 is 2.21 bits per heavy atom. The minimum Gasteiger partial charge on any atom is -0.469 e. The first-order valence-corrected chi connectivity index (χ1v) is 5.15. The molecule has 0 aromatic carbocycles. The normalized spacial score (nSPS) is 30.5. The second-order valence-electron chi connectivity index (χ2n) is 4.18. The fraction of sp³-hybridized carbons (Fsp3) is 0.900. The molecule has 4 nitrogen and oxygen atoms in total. The predicted octanol–water partition coefficient (Wildman–Crippen LogP) is 0.176. The van der Waals surface area contributed by atoms with Crippen LogP contribution in [0.25, 0.3) is 0 Å². The van der Waals surface area contributed by atoms with E-state index in [1.165, 1.54) is 7.11 Å². The number of nitrogens with one attached hydrogen (secondary N) is 1. The monoisotopic (exact) mass is 199 g/mol. The van der Waals surface area contributed by atoms with E-state index in [2.05, 4.69) is 5.32 Å². The number of hydrogen-bond donors (Lipinski definition) is 1. The number of hydrogen-bond acceptors (Lipinski definition) is 4. The van der Waals surface area contributed by atoms with Gasteiger partial charge < -0.3 is 14.8 Å². The Morgan fingerprint density at radius 1 is 1.50 bits per heavy atom. The minimum absolute atomic E-state index is 0.0244. The summed E-state index contributed by atoms with van der Waals surface area (Å²) in [7, 11) is 1.47. The van der Waals surface area contributed by atoms with Crippen LogP contribution in [-0.4, -0.2) is 39.4 Å². The lowest BCUT2D eigenvalue weighted by molar-refractivity contribution is -0.150. The van der Waals surface area contributed by atoms with E-state index in [-0.39, 0.29) is 17.3 Å². The van der Waals surface area contributed by atoms with Crippen LogP contribution in [0.15, 0.2) is 0 Å². The standard InChI is InChI=1S/C10H17NO3/c1-13-9(12)8-6-11-7-10(8)2-4-14-5-3-10/h8,11H,2-7H2,1H3/t8-/m0/s1. The Hall–Kier alpha value is -0.610. The fourth-order valence-electron chi connectivity index (χ4n) is 2.58. The third-order valence-corrected chi connectivity index (χ3v) is 3.54. The smallest absolute Gasteiger partial charge is 0.310 e. The molecule has 2 fully saturated rings. The molecule has 80 valence electrons. The average molecular weight is 199 g/mol. The van der Waals surface area contributed by atoms with E-state index in [1.54, 1.807) is 0 Å². The molecular weight excluding hydrogens is 182 g/mol.